The molecule has 4 aliphatic carbocycles. The van der Waals surface area contributed by atoms with Crippen molar-refractivity contribution in [2.45, 2.75) is 198 Å². The molecule has 0 spiro atoms. The summed E-state index contributed by atoms with van der Waals surface area (Å²) < 4.78 is 48.8. The van der Waals surface area contributed by atoms with Gasteiger partial charge in [0.05, 0.1) is 19.5 Å². The van der Waals surface area contributed by atoms with Crippen LogP contribution < -0.4 is 0 Å². The summed E-state index contributed by atoms with van der Waals surface area (Å²) >= 11 is 2.59. The molecular formula is C54H97IN2O4S3Si2. The molecule has 4 saturated carbocycles. The molecule has 0 aromatic heterocycles. The summed E-state index contributed by atoms with van der Waals surface area (Å²) in [5.41, 5.74) is 0.928. The lowest BCUT2D eigenvalue weighted by Crippen LogP contribution is -2.48. The Labute approximate surface area is 430 Å². The van der Waals surface area contributed by atoms with Gasteiger partial charge in [-0.3, -0.25) is 0 Å². The first-order chi connectivity index (χ1) is 30.9. The maximum Gasteiger partial charge on any atom is 0.192 e. The van der Waals surface area contributed by atoms with Crippen molar-refractivity contribution < 1.29 is 17.3 Å². The average molecular weight is 1120 g/mol. The van der Waals surface area contributed by atoms with Crippen molar-refractivity contribution in [2.24, 2.45) is 55.1 Å². The SMILES string of the molecule is CC[Si](CC)(CC)O[C@H]1CCC[C@]2(C)[C@@H]([C@H](C)CCS(=O)(=NC)c3ccccc3)CC[C@@H]12.CC[Si](CC)(CC)O[C@H]1CCC[C@]2(C)[C@@H]([C@H](C)CI)CC[C@@H]12.CN=S(C)(=O)c1ccccc1.S. The lowest BCUT2D eigenvalue weighted by atomic mass is 9.61. The predicted molar refractivity (Wildman–Crippen MR) is 306 cm³/mol. The standard InChI is InChI=1S/C27H47NO2SSi.C19H37IOSi.C8H11NOS.H2S/c1-7-32(8-2,9-3)30-26-16-13-20-27(5)24(17-18-25(26)27)22(4)19-21-31(29,28-6)23-14-11-10-12-15-23;1-6-22(7-2,8-3)21-18-10-9-13-19(5)16(15(4)14-20)11-12-17(18)19;1-9-11(2,10)8-6-4-3-5-7-8;/h10-12,14-15,22,24-26H,7-9,13,16-21H2,1-6H3;15-18H,6-14H2,1-5H3;3-7H,1-2H3;1H2/t22-,24-,25+,26+,27-,31?;15-,16-,17+,18+,19-;;/m11../s1. The van der Waals surface area contributed by atoms with Gasteiger partial charge in [0.2, 0.25) is 0 Å². The van der Waals surface area contributed by atoms with Crippen molar-refractivity contribution in [3.05, 3.63) is 60.7 Å². The summed E-state index contributed by atoms with van der Waals surface area (Å²) in [6.07, 6.45) is 17.2. The minimum absolute atomic E-state index is 0. The zero-order valence-corrected chi connectivity index (χ0v) is 50.8. The molecule has 0 N–H and O–H groups in total. The van der Waals surface area contributed by atoms with Crippen LogP contribution in [0.15, 0.2) is 79.2 Å². The average Bonchev–Trinajstić information content (AvgIpc) is 3.90. The Morgan fingerprint density at radius 3 is 1.39 bits per heavy atom. The van der Waals surface area contributed by atoms with E-state index in [1.165, 1.54) is 105 Å². The summed E-state index contributed by atoms with van der Waals surface area (Å²) in [5, 5.41) is 0. The maximum absolute atomic E-state index is 13.6. The second kappa shape index (κ2) is 27.0. The van der Waals surface area contributed by atoms with E-state index in [9.17, 15) is 8.42 Å². The normalized spacial score (nSPS) is 30.0. The summed E-state index contributed by atoms with van der Waals surface area (Å²) in [4.78, 5) is 1.68. The highest BCUT2D eigenvalue weighted by Gasteiger charge is 2.55. The first-order valence-corrected chi connectivity index (χ1v) is 36.3. The number of benzene rings is 2. The number of hydrogen-bond donors (Lipinski definition) is 0. The summed E-state index contributed by atoms with van der Waals surface area (Å²) in [5.74, 6) is 5.30. The van der Waals surface area contributed by atoms with Gasteiger partial charge in [0.15, 0.2) is 16.6 Å². The van der Waals surface area contributed by atoms with Gasteiger partial charge in [0, 0.05) is 52.5 Å². The second-order valence-corrected chi connectivity index (χ2v) is 36.5. The largest absolute Gasteiger partial charge is 0.414 e. The van der Waals surface area contributed by atoms with E-state index in [2.05, 4.69) is 101 Å². The fourth-order valence-electron chi connectivity index (χ4n) is 13.5. The van der Waals surface area contributed by atoms with Crippen LogP contribution in [0.1, 0.15) is 140 Å². The van der Waals surface area contributed by atoms with Crippen LogP contribution in [-0.2, 0) is 28.3 Å². The molecular weight excluding hydrogens is 1020 g/mol. The molecule has 2 aromatic carbocycles. The monoisotopic (exact) mass is 1120 g/mol. The summed E-state index contributed by atoms with van der Waals surface area (Å²) in [6, 6.07) is 26.8. The first kappa shape index (κ1) is 60.1. The van der Waals surface area contributed by atoms with Crippen LogP contribution in [0.5, 0.6) is 0 Å². The molecule has 12 heteroatoms. The van der Waals surface area contributed by atoms with Crippen LogP contribution in [0.3, 0.4) is 0 Å². The van der Waals surface area contributed by atoms with Gasteiger partial charge in [-0.1, -0.05) is 141 Å². The predicted octanol–water partition coefficient (Wildman–Crippen LogP) is 16.3. The minimum atomic E-state index is -2.32. The number of hydrogen-bond acceptors (Lipinski definition) is 6. The molecule has 0 aliphatic heterocycles. The Morgan fingerprint density at radius 2 is 1.03 bits per heavy atom. The zero-order chi connectivity index (χ0) is 48.1. The quantitative estimate of drug-likeness (QED) is 0.0846. The van der Waals surface area contributed by atoms with Crippen molar-refractivity contribution in [1.82, 2.24) is 0 Å². The van der Waals surface area contributed by atoms with E-state index in [1.807, 2.05) is 60.7 Å². The zero-order valence-electron chi connectivity index (χ0n) is 44.0. The molecule has 0 radical (unpaired) electrons. The molecule has 0 amide bonds. The van der Waals surface area contributed by atoms with E-state index >= 15 is 0 Å². The minimum Gasteiger partial charge on any atom is -0.414 e. The molecule has 0 saturated heterocycles. The van der Waals surface area contributed by atoms with Crippen LogP contribution in [0.2, 0.25) is 36.3 Å². The first-order valence-electron chi connectivity index (χ1n) is 26.1. The molecule has 66 heavy (non-hydrogen) atoms. The molecule has 0 bridgehead atoms. The van der Waals surface area contributed by atoms with Crippen molar-refractivity contribution in [1.29, 1.82) is 0 Å². The molecule has 0 heterocycles. The van der Waals surface area contributed by atoms with E-state index < -0.39 is 36.1 Å². The third-order valence-corrected chi connectivity index (χ3v) is 33.3. The fraction of sp³-hybridized carbons (Fsp3) is 0.778. The highest BCUT2D eigenvalue weighted by Crippen LogP contribution is 2.60. The topological polar surface area (TPSA) is 77.3 Å². The van der Waals surface area contributed by atoms with Gasteiger partial charge in [0.25, 0.3) is 0 Å². The Morgan fingerprint density at radius 1 is 0.636 bits per heavy atom. The lowest BCUT2D eigenvalue weighted by Gasteiger charge is -2.49. The van der Waals surface area contributed by atoms with Gasteiger partial charge >= 0.3 is 0 Å². The van der Waals surface area contributed by atoms with E-state index in [1.54, 1.807) is 20.4 Å². The second-order valence-electron chi connectivity index (χ2n) is 21.2. The molecule has 4 fully saturated rings. The van der Waals surface area contributed by atoms with Gasteiger partial charge in [0.1, 0.15) is 0 Å². The number of rotatable bonds is 18. The number of fused-ring (bicyclic) bond motifs is 2. The lowest BCUT2D eigenvalue weighted by molar-refractivity contribution is -0.0196. The Bertz CT molecular complexity index is 1950. The number of alkyl halides is 1. The highest BCUT2D eigenvalue weighted by atomic mass is 127. The molecule has 2 unspecified atom stereocenters. The molecule has 2 aromatic rings. The Kier molecular flexibility index (Phi) is 24.6. The highest BCUT2D eigenvalue weighted by molar-refractivity contribution is 14.1. The van der Waals surface area contributed by atoms with Gasteiger partial charge in [-0.05, 0) is 165 Å². The summed E-state index contributed by atoms with van der Waals surface area (Å²) in [7, 11) is -4.18. The fourth-order valence-corrected chi connectivity index (χ4v) is 22.7. The molecule has 380 valence electrons. The third kappa shape index (κ3) is 14.0. The number of nitrogens with zero attached hydrogens (tertiary/aromatic N) is 2. The van der Waals surface area contributed by atoms with Crippen LogP contribution in [0.25, 0.3) is 0 Å². The van der Waals surface area contributed by atoms with E-state index in [-0.39, 0.29) is 13.5 Å². The van der Waals surface area contributed by atoms with Gasteiger partial charge < -0.3 is 8.85 Å². The van der Waals surface area contributed by atoms with Crippen LogP contribution in [-0.4, -0.2) is 67.8 Å². The Hall–Kier alpha value is -0.226. The van der Waals surface area contributed by atoms with Crippen LogP contribution in [0.4, 0.5) is 0 Å². The Balaban J connectivity index is 0.000000293. The van der Waals surface area contributed by atoms with Crippen molar-refractivity contribution in [3.63, 3.8) is 0 Å². The van der Waals surface area contributed by atoms with Crippen molar-refractivity contribution in [2.75, 3.05) is 30.5 Å². The van der Waals surface area contributed by atoms with E-state index in [4.69, 9.17) is 8.85 Å². The van der Waals surface area contributed by atoms with Crippen molar-refractivity contribution >= 4 is 72.2 Å². The van der Waals surface area contributed by atoms with Crippen LogP contribution in [0, 0.1) is 46.3 Å². The maximum atomic E-state index is 13.6. The summed E-state index contributed by atoms with van der Waals surface area (Å²) in [6.45, 7) is 24.2. The molecule has 4 aliphatic rings. The number of halogens is 1. The van der Waals surface area contributed by atoms with Gasteiger partial charge in [-0.2, -0.15) is 13.5 Å². The molecule has 12 atom stereocenters. The molecule has 6 nitrogen and oxygen atoms in total. The van der Waals surface area contributed by atoms with Crippen molar-refractivity contribution in [3.8, 4) is 0 Å². The van der Waals surface area contributed by atoms with E-state index in [0.29, 0.717) is 46.5 Å². The smallest absolute Gasteiger partial charge is 0.192 e. The van der Waals surface area contributed by atoms with Gasteiger partial charge in [-0.15, -0.1) is 0 Å². The molecule has 6 rings (SSSR count). The third-order valence-electron chi connectivity index (χ3n) is 18.3. The van der Waals surface area contributed by atoms with E-state index in [0.717, 1.165) is 34.0 Å². The van der Waals surface area contributed by atoms with Gasteiger partial charge in [-0.25, -0.2) is 17.1 Å². The van der Waals surface area contributed by atoms with Crippen LogP contribution >= 0.6 is 36.1 Å².